The highest BCUT2D eigenvalue weighted by molar-refractivity contribution is 6.19. The quantitative estimate of drug-likeness (QED) is 0.189. The number of rotatable bonds is 5. The van der Waals surface area contributed by atoms with Gasteiger partial charge in [-0.25, -0.2) is 0 Å². The van der Waals surface area contributed by atoms with E-state index in [-0.39, 0.29) is 0 Å². The molecule has 0 bridgehead atoms. The third-order valence-electron chi connectivity index (χ3n) is 9.86. The van der Waals surface area contributed by atoms with Crippen LogP contribution in [0.5, 0.6) is 0 Å². The topological polar surface area (TPSA) is 30.9 Å². The van der Waals surface area contributed by atoms with Crippen molar-refractivity contribution in [3.8, 4) is 27.9 Å². The predicted octanol–water partition coefficient (Wildman–Crippen LogP) is 12.5. The van der Waals surface area contributed by atoms with Gasteiger partial charge in [0.2, 0.25) is 0 Å². The summed E-state index contributed by atoms with van der Waals surface area (Å²) >= 11 is 0. The van der Waals surface area contributed by atoms with Crippen molar-refractivity contribution >= 4 is 59.8 Å². The zero-order valence-corrected chi connectivity index (χ0v) is 27.3. The van der Waals surface area contributed by atoms with Gasteiger partial charge in [-0.05, 0) is 92.5 Å². The zero-order valence-electron chi connectivity index (χ0n) is 27.3. The molecule has 0 spiro atoms. The summed E-state index contributed by atoms with van der Waals surface area (Å²) in [6.45, 7) is 2.00. The first-order valence-electron chi connectivity index (χ1n) is 16.8. The van der Waals surface area contributed by atoms with Crippen LogP contribution in [0.25, 0.3) is 87.8 Å². The Kier molecular flexibility index (Phi) is 6.88. The Hall–Kier alpha value is -6.38. The zero-order chi connectivity index (χ0) is 32.9. The van der Waals surface area contributed by atoms with Crippen molar-refractivity contribution in [2.75, 3.05) is 0 Å². The van der Waals surface area contributed by atoms with Crippen LogP contribution in [0.1, 0.15) is 12.5 Å². The molecule has 2 nitrogen and oxygen atoms in total. The van der Waals surface area contributed by atoms with Crippen LogP contribution in [0.4, 0.5) is 0 Å². The number of fused-ring (bicyclic) bond motifs is 7. The van der Waals surface area contributed by atoms with Crippen LogP contribution in [0.3, 0.4) is 0 Å². The van der Waals surface area contributed by atoms with E-state index in [1.54, 1.807) is 0 Å². The van der Waals surface area contributed by atoms with Gasteiger partial charge in [-0.1, -0.05) is 140 Å². The van der Waals surface area contributed by atoms with Gasteiger partial charge >= 0.3 is 0 Å². The lowest BCUT2D eigenvalue weighted by atomic mass is 9.92. The molecule has 0 amide bonds. The second kappa shape index (κ2) is 11.7. The Morgan fingerprint density at radius 2 is 1.16 bits per heavy atom. The lowest BCUT2D eigenvalue weighted by molar-refractivity contribution is 1.19. The van der Waals surface area contributed by atoms with Gasteiger partial charge in [0, 0.05) is 33.1 Å². The van der Waals surface area contributed by atoms with E-state index in [1.807, 2.05) is 25.2 Å². The molecular formula is C47H34N2. The number of para-hydroxylation sites is 1. The van der Waals surface area contributed by atoms with Crippen molar-refractivity contribution in [3.63, 3.8) is 0 Å². The highest BCUT2D eigenvalue weighted by Gasteiger charge is 2.17. The number of benzene rings is 8. The van der Waals surface area contributed by atoms with Crippen molar-refractivity contribution in [1.29, 1.82) is 0 Å². The van der Waals surface area contributed by atoms with Crippen LogP contribution < -0.4 is 5.73 Å². The monoisotopic (exact) mass is 626 g/mol. The molecule has 0 radical (unpaired) electrons. The molecule has 1 heterocycles. The summed E-state index contributed by atoms with van der Waals surface area (Å²) < 4.78 is 2.45. The number of hydrogen-bond donors (Lipinski definition) is 1. The van der Waals surface area contributed by atoms with Gasteiger partial charge in [0.1, 0.15) is 0 Å². The van der Waals surface area contributed by atoms with Crippen molar-refractivity contribution in [2.45, 2.75) is 6.92 Å². The van der Waals surface area contributed by atoms with E-state index in [0.29, 0.717) is 0 Å². The molecule has 0 aliphatic heterocycles. The van der Waals surface area contributed by atoms with Crippen LogP contribution >= 0.6 is 0 Å². The van der Waals surface area contributed by atoms with E-state index in [1.165, 1.54) is 71.0 Å². The Labute approximate surface area is 285 Å². The molecule has 2 N–H and O–H groups in total. The van der Waals surface area contributed by atoms with Crippen molar-refractivity contribution in [1.82, 2.24) is 4.57 Å². The van der Waals surface area contributed by atoms with Crippen LogP contribution in [0.2, 0.25) is 0 Å². The van der Waals surface area contributed by atoms with Gasteiger partial charge in [-0.2, -0.15) is 0 Å². The van der Waals surface area contributed by atoms with E-state index in [9.17, 15) is 0 Å². The van der Waals surface area contributed by atoms with E-state index in [2.05, 4.69) is 162 Å². The standard InChI is InChI=1S/C47H34N2/c1-2-3-17-45(48)42-27-26-38(40-15-9-10-16-41(40)42)35-21-23-39-36(29-35)22-25-44-43-24-20-34(33-19-18-31-11-7-8-12-32(31)28-33)30-46(43)49(47(39)44)37-13-5-4-6-14-37/h2-30H,48H2,1H3/b3-2-,45-17-. The summed E-state index contributed by atoms with van der Waals surface area (Å²) in [5, 5.41) is 9.79. The lowest BCUT2D eigenvalue weighted by Gasteiger charge is -2.14. The predicted molar refractivity (Wildman–Crippen MR) is 211 cm³/mol. The highest BCUT2D eigenvalue weighted by atomic mass is 15.0. The fourth-order valence-electron chi connectivity index (χ4n) is 7.49. The number of allylic oxidation sites excluding steroid dienone is 3. The largest absolute Gasteiger partial charge is 0.398 e. The molecule has 49 heavy (non-hydrogen) atoms. The minimum Gasteiger partial charge on any atom is -0.398 e. The average Bonchev–Trinajstić information content (AvgIpc) is 3.50. The second-order valence-corrected chi connectivity index (χ2v) is 12.7. The molecule has 0 aliphatic carbocycles. The van der Waals surface area contributed by atoms with Crippen LogP contribution in [-0.2, 0) is 0 Å². The molecule has 232 valence electrons. The van der Waals surface area contributed by atoms with Gasteiger partial charge in [0.25, 0.3) is 0 Å². The molecule has 2 heteroatoms. The Morgan fingerprint density at radius 1 is 0.510 bits per heavy atom. The van der Waals surface area contributed by atoms with Gasteiger partial charge in [0.05, 0.1) is 11.0 Å². The normalized spacial score (nSPS) is 12.3. The smallest absolute Gasteiger partial charge is 0.0619 e. The van der Waals surface area contributed by atoms with Crippen LogP contribution in [0, 0.1) is 0 Å². The molecule has 9 aromatic rings. The SMILES string of the molecule is C/C=C\C=C(/N)c1ccc(-c2ccc3c(ccc4c5ccc(-c6ccc7ccccc7c6)cc5n(-c5ccccc5)c34)c2)c2ccccc12. The van der Waals surface area contributed by atoms with E-state index < -0.39 is 0 Å². The van der Waals surface area contributed by atoms with Gasteiger partial charge in [-0.15, -0.1) is 0 Å². The highest BCUT2D eigenvalue weighted by Crippen LogP contribution is 2.40. The molecule has 8 aromatic carbocycles. The third-order valence-corrected chi connectivity index (χ3v) is 9.86. The minimum atomic E-state index is 0.763. The number of nitrogens with two attached hydrogens (primary N) is 1. The second-order valence-electron chi connectivity index (χ2n) is 12.7. The van der Waals surface area contributed by atoms with Crippen molar-refractivity contribution < 1.29 is 0 Å². The number of aromatic nitrogens is 1. The molecule has 0 saturated carbocycles. The Morgan fingerprint density at radius 3 is 2.02 bits per heavy atom. The average molecular weight is 627 g/mol. The lowest BCUT2D eigenvalue weighted by Crippen LogP contribution is -1.97. The minimum absolute atomic E-state index is 0.763. The van der Waals surface area contributed by atoms with Gasteiger partial charge in [0.15, 0.2) is 0 Å². The molecule has 0 fully saturated rings. The summed E-state index contributed by atoms with van der Waals surface area (Å²) in [6.07, 6.45) is 5.96. The fraction of sp³-hybridized carbons (Fsp3) is 0.0213. The van der Waals surface area contributed by atoms with E-state index in [4.69, 9.17) is 5.73 Å². The maximum absolute atomic E-state index is 6.53. The fourth-order valence-corrected chi connectivity index (χ4v) is 7.49. The molecule has 0 atom stereocenters. The molecule has 0 aliphatic rings. The maximum atomic E-state index is 6.53. The summed E-state index contributed by atoms with van der Waals surface area (Å²) in [4.78, 5) is 0. The first-order valence-corrected chi connectivity index (χ1v) is 16.8. The van der Waals surface area contributed by atoms with E-state index >= 15 is 0 Å². The number of nitrogens with zero attached hydrogens (tertiary/aromatic N) is 1. The third kappa shape index (κ3) is 4.80. The van der Waals surface area contributed by atoms with Gasteiger partial charge < -0.3 is 10.3 Å². The summed E-state index contributed by atoms with van der Waals surface area (Å²) in [7, 11) is 0. The first-order chi connectivity index (χ1) is 24.2. The molecule has 0 saturated heterocycles. The molecule has 9 rings (SSSR count). The van der Waals surface area contributed by atoms with Gasteiger partial charge in [-0.3, -0.25) is 0 Å². The number of hydrogen-bond acceptors (Lipinski definition) is 1. The molecule has 0 unspecified atom stereocenters. The van der Waals surface area contributed by atoms with Crippen molar-refractivity contribution in [3.05, 3.63) is 182 Å². The van der Waals surface area contributed by atoms with Crippen molar-refractivity contribution in [2.24, 2.45) is 5.73 Å². The summed E-state index contributed by atoms with van der Waals surface area (Å²) in [6, 6.07) is 57.4. The van der Waals surface area contributed by atoms with Crippen LogP contribution in [0.15, 0.2) is 176 Å². The van der Waals surface area contributed by atoms with Crippen LogP contribution in [-0.4, -0.2) is 4.57 Å². The summed E-state index contributed by atoms with van der Waals surface area (Å²) in [5.74, 6) is 0. The Bertz CT molecular complexity index is 2780. The molecule has 1 aromatic heterocycles. The summed E-state index contributed by atoms with van der Waals surface area (Å²) in [5.41, 5.74) is 16.7. The Balaban J connectivity index is 1.25. The van der Waals surface area contributed by atoms with E-state index in [0.717, 1.165) is 22.3 Å². The molecular weight excluding hydrogens is 593 g/mol. The first kappa shape index (κ1) is 28.8. The maximum Gasteiger partial charge on any atom is 0.0619 e.